The number of sulfonamides is 1. The van der Waals surface area contributed by atoms with Crippen molar-refractivity contribution >= 4 is 21.4 Å². The van der Waals surface area contributed by atoms with Crippen molar-refractivity contribution in [3.05, 3.63) is 76.7 Å². The highest BCUT2D eigenvalue weighted by atomic mass is 32.2. The van der Waals surface area contributed by atoms with Gasteiger partial charge < -0.3 is 5.32 Å². The molecule has 1 aromatic heterocycles. The van der Waals surface area contributed by atoms with Gasteiger partial charge in [-0.3, -0.25) is 0 Å². The Labute approximate surface area is 158 Å². The van der Waals surface area contributed by atoms with Gasteiger partial charge in [-0.25, -0.2) is 12.7 Å². The molecule has 6 heteroatoms. The molecule has 1 aliphatic rings. The van der Waals surface area contributed by atoms with E-state index in [9.17, 15) is 8.42 Å². The van der Waals surface area contributed by atoms with Crippen LogP contribution in [-0.4, -0.2) is 26.8 Å². The second-order valence-corrected chi connectivity index (χ2v) is 10.0. The number of benzene rings is 2. The van der Waals surface area contributed by atoms with E-state index in [1.165, 1.54) is 37.9 Å². The number of fused-ring (bicyclic) bond motifs is 3. The summed E-state index contributed by atoms with van der Waals surface area (Å²) in [7, 11) is -0.257. The van der Waals surface area contributed by atoms with Crippen LogP contribution in [0.4, 0.5) is 0 Å². The minimum absolute atomic E-state index is 0.124. The standard InChI is InChI=1S/C20H20N2O2S2/c1-22(2)26(23,24)19-12-11-14(25-19)13-21-20-17-9-5-3-7-15(17)16-8-4-6-10-18(16)20/h3-12,20-21H,13H2,1-2H3. The summed E-state index contributed by atoms with van der Waals surface area (Å²) in [6.07, 6.45) is 0. The fourth-order valence-electron chi connectivity index (χ4n) is 3.35. The van der Waals surface area contributed by atoms with E-state index in [-0.39, 0.29) is 6.04 Å². The molecule has 1 N–H and O–H groups in total. The van der Waals surface area contributed by atoms with Crippen LogP contribution in [-0.2, 0) is 16.6 Å². The van der Waals surface area contributed by atoms with Crippen LogP contribution >= 0.6 is 11.3 Å². The molecule has 134 valence electrons. The Hall–Kier alpha value is -1.99. The lowest BCUT2D eigenvalue weighted by atomic mass is 10.1. The first kappa shape index (κ1) is 17.4. The molecule has 26 heavy (non-hydrogen) atoms. The second-order valence-electron chi connectivity index (χ2n) is 6.50. The third kappa shape index (κ3) is 2.89. The summed E-state index contributed by atoms with van der Waals surface area (Å²) in [5.41, 5.74) is 5.07. The van der Waals surface area contributed by atoms with Gasteiger partial charge in [0.05, 0.1) is 6.04 Å². The van der Waals surface area contributed by atoms with E-state index in [1.807, 2.05) is 6.07 Å². The summed E-state index contributed by atoms with van der Waals surface area (Å²) in [5.74, 6) is 0. The van der Waals surface area contributed by atoms with E-state index in [0.717, 1.165) is 4.88 Å². The molecule has 4 nitrogen and oxygen atoms in total. The summed E-state index contributed by atoms with van der Waals surface area (Å²) in [6, 6.07) is 20.6. The van der Waals surface area contributed by atoms with Crippen LogP contribution in [0.25, 0.3) is 11.1 Å². The predicted molar refractivity (Wildman–Crippen MR) is 106 cm³/mol. The van der Waals surface area contributed by atoms with E-state index in [1.54, 1.807) is 20.2 Å². The van der Waals surface area contributed by atoms with Crippen LogP contribution in [0.2, 0.25) is 0 Å². The number of nitrogens with zero attached hydrogens (tertiary/aromatic N) is 1. The highest BCUT2D eigenvalue weighted by Gasteiger charge is 2.27. The zero-order chi connectivity index (χ0) is 18.3. The molecule has 0 unspecified atom stereocenters. The van der Waals surface area contributed by atoms with E-state index >= 15 is 0 Å². The average Bonchev–Trinajstić information content (AvgIpc) is 3.23. The lowest BCUT2D eigenvalue weighted by molar-refractivity contribution is 0.523. The Morgan fingerprint density at radius 3 is 2.08 bits per heavy atom. The Morgan fingerprint density at radius 1 is 0.923 bits per heavy atom. The predicted octanol–water partition coefficient (Wildman–Crippen LogP) is 3.86. The average molecular weight is 385 g/mol. The van der Waals surface area contributed by atoms with Crippen molar-refractivity contribution in [1.82, 2.24) is 9.62 Å². The zero-order valence-electron chi connectivity index (χ0n) is 14.6. The number of hydrogen-bond donors (Lipinski definition) is 1. The maximum Gasteiger partial charge on any atom is 0.252 e. The Balaban J connectivity index is 1.59. The molecule has 0 spiro atoms. The third-order valence-corrected chi connectivity index (χ3v) is 8.05. The van der Waals surface area contributed by atoms with Crippen molar-refractivity contribution in [2.45, 2.75) is 16.8 Å². The maximum atomic E-state index is 12.2. The number of thiophene rings is 1. The first-order valence-corrected chi connectivity index (χ1v) is 10.7. The second kappa shape index (κ2) is 6.63. The van der Waals surface area contributed by atoms with E-state index in [2.05, 4.69) is 53.8 Å². The molecule has 0 atom stereocenters. The van der Waals surface area contributed by atoms with Crippen molar-refractivity contribution < 1.29 is 8.42 Å². The minimum atomic E-state index is -3.37. The molecule has 0 amide bonds. The summed E-state index contributed by atoms with van der Waals surface area (Å²) in [6.45, 7) is 0.626. The molecule has 3 aromatic rings. The minimum Gasteiger partial charge on any atom is -0.301 e. The highest BCUT2D eigenvalue weighted by molar-refractivity contribution is 7.91. The van der Waals surface area contributed by atoms with Gasteiger partial charge >= 0.3 is 0 Å². The van der Waals surface area contributed by atoms with Crippen molar-refractivity contribution in [1.29, 1.82) is 0 Å². The Bertz CT molecular complexity index is 1010. The van der Waals surface area contributed by atoms with Gasteiger partial charge in [0.25, 0.3) is 10.0 Å². The van der Waals surface area contributed by atoms with E-state index in [0.29, 0.717) is 10.8 Å². The third-order valence-electron chi connectivity index (χ3n) is 4.69. The van der Waals surface area contributed by atoms with Crippen LogP contribution in [0.5, 0.6) is 0 Å². The van der Waals surface area contributed by atoms with Gasteiger partial charge in [0.1, 0.15) is 4.21 Å². The SMILES string of the molecule is CN(C)S(=O)(=O)c1ccc(CNC2c3ccccc3-c3ccccc32)s1. The van der Waals surface area contributed by atoms with Crippen molar-refractivity contribution in [2.75, 3.05) is 14.1 Å². The number of nitrogens with one attached hydrogen (secondary N) is 1. The lowest BCUT2D eigenvalue weighted by Crippen LogP contribution is -2.21. The molecular formula is C20H20N2O2S2. The van der Waals surface area contributed by atoms with Crippen molar-refractivity contribution in [2.24, 2.45) is 0 Å². The molecule has 4 rings (SSSR count). The monoisotopic (exact) mass is 384 g/mol. The van der Waals surface area contributed by atoms with Crippen molar-refractivity contribution in [3.63, 3.8) is 0 Å². The molecule has 0 radical (unpaired) electrons. The summed E-state index contributed by atoms with van der Waals surface area (Å²) >= 11 is 1.32. The lowest BCUT2D eigenvalue weighted by Gasteiger charge is -2.15. The van der Waals surface area contributed by atoms with Crippen LogP contribution in [0.3, 0.4) is 0 Å². The number of rotatable bonds is 5. The summed E-state index contributed by atoms with van der Waals surface area (Å²) in [5, 5.41) is 3.61. The van der Waals surface area contributed by atoms with Crippen LogP contribution < -0.4 is 5.32 Å². The molecule has 1 aliphatic carbocycles. The molecule has 0 aliphatic heterocycles. The largest absolute Gasteiger partial charge is 0.301 e. The van der Waals surface area contributed by atoms with Gasteiger partial charge in [0.15, 0.2) is 0 Å². The number of hydrogen-bond acceptors (Lipinski definition) is 4. The van der Waals surface area contributed by atoms with Crippen LogP contribution in [0.15, 0.2) is 64.9 Å². The van der Waals surface area contributed by atoms with Gasteiger partial charge in [-0.2, -0.15) is 0 Å². The highest BCUT2D eigenvalue weighted by Crippen LogP contribution is 2.43. The molecule has 2 aromatic carbocycles. The Morgan fingerprint density at radius 2 is 1.50 bits per heavy atom. The summed E-state index contributed by atoms with van der Waals surface area (Å²) in [4.78, 5) is 1.01. The normalized spacial score (nSPS) is 13.8. The smallest absolute Gasteiger partial charge is 0.252 e. The molecule has 0 fully saturated rings. The van der Waals surface area contributed by atoms with Crippen LogP contribution in [0.1, 0.15) is 22.0 Å². The zero-order valence-corrected chi connectivity index (χ0v) is 16.3. The van der Waals surface area contributed by atoms with E-state index in [4.69, 9.17) is 0 Å². The fraction of sp³-hybridized carbons (Fsp3) is 0.200. The quantitative estimate of drug-likeness (QED) is 0.727. The molecule has 0 saturated heterocycles. The topological polar surface area (TPSA) is 49.4 Å². The van der Waals surface area contributed by atoms with Gasteiger partial charge in [-0.1, -0.05) is 48.5 Å². The molecule has 0 bridgehead atoms. The Kier molecular flexibility index (Phi) is 4.44. The van der Waals surface area contributed by atoms with E-state index < -0.39 is 10.0 Å². The maximum absolute atomic E-state index is 12.2. The molecule has 0 saturated carbocycles. The molecular weight excluding hydrogens is 364 g/mol. The molecule has 1 heterocycles. The first-order valence-electron chi connectivity index (χ1n) is 8.41. The first-order chi connectivity index (χ1) is 12.5. The van der Waals surface area contributed by atoms with Crippen molar-refractivity contribution in [3.8, 4) is 11.1 Å². The van der Waals surface area contributed by atoms with Gasteiger partial charge in [0.2, 0.25) is 0 Å². The van der Waals surface area contributed by atoms with Gasteiger partial charge in [0, 0.05) is 25.5 Å². The van der Waals surface area contributed by atoms with Gasteiger partial charge in [-0.15, -0.1) is 11.3 Å². The summed E-state index contributed by atoms with van der Waals surface area (Å²) < 4.78 is 26.1. The fourth-order valence-corrected chi connectivity index (χ4v) is 5.83. The van der Waals surface area contributed by atoms with Gasteiger partial charge in [-0.05, 0) is 34.4 Å². The van der Waals surface area contributed by atoms with Crippen LogP contribution in [0, 0.1) is 0 Å².